The van der Waals surface area contributed by atoms with Crippen LogP contribution in [0.25, 0.3) is 6.08 Å². The quantitative estimate of drug-likeness (QED) is 0.646. The summed E-state index contributed by atoms with van der Waals surface area (Å²) in [4.78, 5) is 24.4. The number of phenols is 1. The Morgan fingerprint density at radius 2 is 2.24 bits per heavy atom. The van der Waals surface area contributed by atoms with Gasteiger partial charge in [-0.3, -0.25) is 9.69 Å². The highest BCUT2D eigenvalue weighted by Gasteiger charge is 2.31. The number of nitrogens with zero attached hydrogens (tertiary/aromatic N) is 1. The van der Waals surface area contributed by atoms with Crippen LogP contribution in [0.3, 0.4) is 0 Å². The number of aliphatic carboxylic acids is 1. The molecule has 2 rings (SSSR count). The van der Waals surface area contributed by atoms with Crippen LogP contribution >= 0.6 is 24.0 Å². The number of carbonyl (C=O) groups excluding carboxylic acids is 2. The molecule has 1 aliphatic heterocycles. The van der Waals surface area contributed by atoms with Gasteiger partial charge in [-0.25, -0.2) is 0 Å². The molecule has 0 bridgehead atoms. The van der Waals surface area contributed by atoms with Gasteiger partial charge in [0.1, 0.15) is 10.1 Å². The smallest absolute Gasteiger partial charge is 0.266 e. The van der Waals surface area contributed by atoms with Gasteiger partial charge >= 0.3 is 0 Å². The number of phenolic OH excluding ortho intramolecular Hbond substituents is 1. The molecule has 0 aliphatic carbocycles. The van der Waals surface area contributed by atoms with Crippen molar-refractivity contribution in [3.63, 3.8) is 0 Å². The van der Waals surface area contributed by atoms with Crippen LogP contribution in [0.5, 0.6) is 5.75 Å². The Hall–Kier alpha value is -1.86. The van der Waals surface area contributed by atoms with Crippen LogP contribution in [0.2, 0.25) is 0 Å². The van der Waals surface area contributed by atoms with Crippen molar-refractivity contribution in [2.24, 2.45) is 0 Å². The van der Waals surface area contributed by atoms with Gasteiger partial charge in [0, 0.05) is 12.5 Å². The summed E-state index contributed by atoms with van der Waals surface area (Å²) >= 11 is 6.30. The van der Waals surface area contributed by atoms with Gasteiger partial charge in [-0.2, -0.15) is 0 Å². The fraction of sp³-hybridized carbons (Fsp3) is 0.214. The third-order valence-electron chi connectivity index (χ3n) is 2.80. The fourth-order valence-corrected chi connectivity index (χ4v) is 3.15. The number of rotatable bonds is 5. The Balaban J connectivity index is 2.08. The van der Waals surface area contributed by atoms with Gasteiger partial charge in [0.2, 0.25) is 0 Å². The molecule has 0 unspecified atom stereocenters. The van der Waals surface area contributed by atoms with Gasteiger partial charge in [0.25, 0.3) is 5.91 Å². The number of hydrogen-bond acceptors (Lipinski definition) is 6. The molecule has 1 aliphatic rings. The molecule has 0 atom stereocenters. The fourth-order valence-electron chi connectivity index (χ4n) is 1.84. The molecular weight excluding hydrogens is 310 g/mol. The number of amides is 1. The molecule has 1 aromatic carbocycles. The summed E-state index contributed by atoms with van der Waals surface area (Å²) in [6, 6.07) is 6.54. The molecule has 7 heteroatoms. The highest BCUT2D eigenvalue weighted by molar-refractivity contribution is 8.26. The summed E-state index contributed by atoms with van der Waals surface area (Å²) in [5.74, 6) is -1.27. The lowest BCUT2D eigenvalue weighted by Crippen LogP contribution is -2.30. The number of carboxylic acid groups (broad SMARTS) is 1. The first kappa shape index (κ1) is 15.5. The average Bonchev–Trinajstić information content (AvgIpc) is 2.66. The number of carbonyl (C=O) groups is 2. The lowest BCUT2D eigenvalue weighted by Gasteiger charge is -2.14. The third-order valence-corrected chi connectivity index (χ3v) is 4.18. The SMILES string of the molecule is O=C([O-])CCCN1C(=O)C(=Cc2cccc(O)c2)SC1=S. The molecule has 1 fully saturated rings. The summed E-state index contributed by atoms with van der Waals surface area (Å²) in [5.41, 5.74) is 0.699. The van der Waals surface area contributed by atoms with E-state index in [1.807, 2.05) is 0 Å². The Morgan fingerprint density at radius 1 is 1.48 bits per heavy atom. The first-order valence-corrected chi connectivity index (χ1v) is 7.44. The maximum absolute atomic E-state index is 12.2. The number of carboxylic acids is 1. The van der Waals surface area contributed by atoms with Gasteiger partial charge in [-0.15, -0.1) is 0 Å². The monoisotopic (exact) mass is 322 g/mol. The first-order valence-electron chi connectivity index (χ1n) is 6.21. The minimum Gasteiger partial charge on any atom is -0.550 e. The number of benzene rings is 1. The van der Waals surface area contributed by atoms with E-state index in [4.69, 9.17) is 12.2 Å². The van der Waals surface area contributed by atoms with E-state index in [0.29, 0.717) is 21.2 Å². The van der Waals surface area contributed by atoms with E-state index in [1.165, 1.54) is 16.7 Å². The standard InChI is InChI=1S/C14H13NO4S2/c16-10-4-1-3-9(7-10)8-11-13(19)15(14(20)21-11)6-2-5-12(17)18/h1,3-4,7-8,16H,2,5-6H2,(H,17,18)/p-1. The second-order valence-electron chi connectivity index (χ2n) is 4.40. The zero-order valence-electron chi connectivity index (χ0n) is 10.9. The first-order chi connectivity index (χ1) is 9.97. The van der Waals surface area contributed by atoms with Gasteiger partial charge in [-0.05, 0) is 36.6 Å². The maximum Gasteiger partial charge on any atom is 0.266 e. The van der Waals surface area contributed by atoms with E-state index in [2.05, 4.69) is 0 Å². The Morgan fingerprint density at radius 3 is 2.90 bits per heavy atom. The van der Waals surface area contributed by atoms with E-state index >= 15 is 0 Å². The van der Waals surface area contributed by atoms with Gasteiger partial charge in [0.05, 0.1) is 4.91 Å². The zero-order valence-corrected chi connectivity index (χ0v) is 12.6. The van der Waals surface area contributed by atoms with Crippen LogP contribution in [-0.4, -0.2) is 32.7 Å². The molecule has 0 radical (unpaired) electrons. The van der Waals surface area contributed by atoms with E-state index < -0.39 is 5.97 Å². The number of aromatic hydroxyl groups is 1. The van der Waals surface area contributed by atoms with Gasteiger partial charge < -0.3 is 15.0 Å². The summed E-state index contributed by atoms with van der Waals surface area (Å²) in [7, 11) is 0. The second-order valence-corrected chi connectivity index (χ2v) is 6.08. The van der Waals surface area contributed by atoms with Crippen molar-refractivity contribution < 1.29 is 19.8 Å². The van der Waals surface area contributed by atoms with Crippen molar-refractivity contribution in [1.82, 2.24) is 4.90 Å². The topological polar surface area (TPSA) is 80.7 Å². The van der Waals surface area contributed by atoms with Crippen LogP contribution in [0.15, 0.2) is 29.2 Å². The number of thiocarbonyl (C=S) groups is 1. The van der Waals surface area contributed by atoms with E-state index in [0.717, 1.165) is 0 Å². The molecule has 0 aromatic heterocycles. The van der Waals surface area contributed by atoms with E-state index in [-0.39, 0.29) is 24.6 Å². The summed E-state index contributed by atoms with van der Waals surface area (Å²) in [5, 5.41) is 19.8. The molecule has 1 N–H and O–H groups in total. The summed E-state index contributed by atoms with van der Waals surface area (Å²) in [6.45, 7) is 0.260. The molecular formula is C14H12NO4S2-. The molecule has 0 saturated carbocycles. The van der Waals surface area contributed by atoms with Crippen molar-refractivity contribution in [3.8, 4) is 5.75 Å². The summed E-state index contributed by atoms with van der Waals surface area (Å²) < 4.78 is 0.407. The minimum atomic E-state index is -1.14. The number of thioether (sulfide) groups is 1. The second kappa shape index (κ2) is 6.73. The number of hydrogen-bond donors (Lipinski definition) is 1. The molecule has 1 saturated heterocycles. The highest BCUT2D eigenvalue weighted by Crippen LogP contribution is 2.33. The minimum absolute atomic E-state index is 0.108. The van der Waals surface area contributed by atoms with E-state index in [9.17, 15) is 19.8 Å². The van der Waals surface area contributed by atoms with Crippen LogP contribution in [0.4, 0.5) is 0 Å². The summed E-state index contributed by atoms with van der Waals surface area (Å²) in [6.07, 6.45) is 1.84. The molecule has 5 nitrogen and oxygen atoms in total. The predicted molar refractivity (Wildman–Crippen MR) is 82.2 cm³/mol. The lowest BCUT2D eigenvalue weighted by atomic mass is 10.2. The average molecular weight is 322 g/mol. The zero-order chi connectivity index (χ0) is 15.4. The lowest BCUT2D eigenvalue weighted by molar-refractivity contribution is -0.305. The van der Waals surface area contributed by atoms with Crippen molar-refractivity contribution >= 4 is 46.3 Å². The molecule has 110 valence electrons. The molecule has 21 heavy (non-hydrogen) atoms. The predicted octanol–water partition coefficient (Wildman–Crippen LogP) is 1.12. The molecule has 1 aromatic rings. The van der Waals surface area contributed by atoms with Crippen molar-refractivity contribution in [3.05, 3.63) is 34.7 Å². The molecule has 1 heterocycles. The Bertz CT molecular complexity index is 627. The molecule has 1 amide bonds. The van der Waals surface area contributed by atoms with Crippen molar-refractivity contribution in [2.45, 2.75) is 12.8 Å². The van der Waals surface area contributed by atoms with Gasteiger partial charge in [-0.1, -0.05) is 36.1 Å². The highest BCUT2D eigenvalue weighted by atomic mass is 32.2. The largest absolute Gasteiger partial charge is 0.550 e. The van der Waals surface area contributed by atoms with E-state index in [1.54, 1.807) is 30.3 Å². The van der Waals surface area contributed by atoms with Crippen LogP contribution < -0.4 is 5.11 Å². The normalized spacial score (nSPS) is 16.8. The third kappa shape index (κ3) is 4.05. The maximum atomic E-state index is 12.2. The van der Waals surface area contributed by atoms with Crippen LogP contribution in [0.1, 0.15) is 18.4 Å². The Labute approximate surface area is 131 Å². The van der Waals surface area contributed by atoms with Gasteiger partial charge in [0.15, 0.2) is 0 Å². The van der Waals surface area contributed by atoms with Crippen LogP contribution in [-0.2, 0) is 9.59 Å². The Kier molecular flexibility index (Phi) is 4.98. The van der Waals surface area contributed by atoms with Crippen LogP contribution in [0, 0.1) is 0 Å². The van der Waals surface area contributed by atoms with Crippen molar-refractivity contribution in [2.75, 3.05) is 6.54 Å². The van der Waals surface area contributed by atoms with Crippen molar-refractivity contribution in [1.29, 1.82) is 0 Å². The molecule has 0 spiro atoms.